The number of aromatic nitrogens is 5. The summed E-state index contributed by atoms with van der Waals surface area (Å²) in [5.74, 6) is -4.30. The van der Waals surface area contributed by atoms with Crippen LogP contribution in [0.4, 0.5) is 8.78 Å². The Morgan fingerprint density at radius 3 is 2.69 bits per heavy atom. The Balaban J connectivity index is 1.55. The van der Waals surface area contributed by atoms with Crippen LogP contribution in [-0.4, -0.2) is 48.4 Å². The van der Waals surface area contributed by atoms with Crippen molar-refractivity contribution in [2.75, 3.05) is 0 Å². The maximum Gasteiger partial charge on any atom is 0.321 e. The van der Waals surface area contributed by atoms with Gasteiger partial charge in [0.1, 0.15) is 18.2 Å². The van der Waals surface area contributed by atoms with Crippen molar-refractivity contribution in [3.8, 4) is 11.4 Å². The summed E-state index contributed by atoms with van der Waals surface area (Å²) in [5.41, 5.74) is 2.46. The minimum atomic E-state index is -3.45. The van der Waals surface area contributed by atoms with Crippen LogP contribution in [0.25, 0.3) is 22.2 Å². The van der Waals surface area contributed by atoms with E-state index in [4.69, 9.17) is 4.74 Å². The van der Waals surface area contributed by atoms with E-state index in [1.165, 1.54) is 0 Å². The van der Waals surface area contributed by atoms with Crippen LogP contribution in [0.3, 0.4) is 0 Å². The Hall–Kier alpha value is -3.56. The smallest absolute Gasteiger partial charge is 0.321 e. The molecule has 0 spiro atoms. The lowest BCUT2D eigenvalue weighted by atomic mass is 9.99. The normalized spacial score (nSPS) is 14.1. The SMILES string of the molecule is CC(C)[C@H](NC(=O)C(C)(F)F)[C@@H](C)Oc1ccc2c(cnn2-c2ccc3nncn3c2)c1. The Morgan fingerprint density at radius 2 is 1.97 bits per heavy atom. The van der Waals surface area contributed by atoms with Gasteiger partial charge in [-0.1, -0.05) is 13.8 Å². The molecule has 0 aliphatic heterocycles. The molecule has 1 amide bonds. The van der Waals surface area contributed by atoms with Crippen LogP contribution in [0.5, 0.6) is 5.75 Å². The van der Waals surface area contributed by atoms with Gasteiger partial charge in [0.15, 0.2) is 5.65 Å². The number of fused-ring (bicyclic) bond motifs is 2. The molecule has 4 rings (SSSR count). The molecular weight excluding hydrogens is 418 g/mol. The zero-order chi connectivity index (χ0) is 23.0. The van der Waals surface area contributed by atoms with Gasteiger partial charge in [-0.25, -0.2) is 4.68 Å². The zero-order valence-electron chi connectivity index (χ0n) is 18.2. The highest BCUT2D eigenvalue weighted by Gasteiger charge is 2.36. The topological polar surface area (TPSA) is 86.3 Å². The maximum atomic E-state index is 13.3. The van der Waals surface area contributed by atoms with Crippen molar-refractivity contribution >= 4 is 22.5 Å². The molecule has 0 radical (unpaired) electrons. The van der Waals surface area contributed by atoms with E-state index in [-0.39, 0.29) is 5.92 Å². The van der Waals surface area contributed by atoms with Crippen LogP contribution < -0.4 is 10.1 Å². The first-order valence-electron chi connectivity index (χ1n) is 10.3. The quantitative estimate of drug-likeness (QED) is 0.472. The van der Waals surface area contributed by atoms with E-state index in [1.54, 1.807) is 30.2 Å². The van der Waals surface area contributed by atoms with Gasteiger partial charge in [0.2, 0.25) is 0 Å². The van der Waals surface area contributed by atoms with Crippen LogP contribution in [-0.2, 0) is 4.79 Å². The van der Waals surface area contributed by atoms with Crippen LogP contribution >= 0.6 is 0 Å². The number of hydrogen-bond acceptors (Lipinski definition) is 5. The summed E-state index contributed by atoms with van der Waals surface area (Å²) in [6, 6.07) is 8.69. The van der Waals surface area contributed by atoms with E-state index in [9.17, 15) is 13.6 Å². The van der Waals surface area contributed by atoms with Crippen molar-refractivity contribution < 1.29 is 18.3 Å². The summed E-state index contributed by atoms with van der Waals surface area (Å²) in [5, 5.41) is 15.6. The molecule has 1 N–H and O–H groups in total. The number of amides is 1. The molecular formula is C22H24F2N6O2. The lowest BCUT2D eigenvalue weighted by molar-refractivity contribution is -0.144. The molecule has 0 unspecified atom stereocenters. The first-order chi connectivity index (χ1) is 15.1. The fourth-order valence-corrected chi connectivity index (χ4v) is 3.62. The van der Waals surface area contributed by atoms with Gasteiger partial charge in [0.25, 0.3) is 5.91 Å². The molecule has 2 atom stereocenters. The number of ether oxygens (including phenoxy) is 1. The lowest BCUT2D eigenvalue weighted by Gasteiger charge is -2.30. The summed E-state index contributed by atoms with van der Waals surface area (Å²) >= 11 is 0. The second-order valence-corrected chi connectivity index (χ2v) is 8.22. The third kappa shape index (κ3) is 4.25. The minimum absolute atomic E-state index is 0.102. The van der Waals surface area contributed by atoms with Crippen LogP contribution in [0.15, 0.2) is 49.1 Å². The molecule has 0 saturated carbocycles. The first-order valence-corrected chi connectivity index (χ1v) is 10.3. The third-order valence-electron chi connectivity index (χ3n) is 5.30. The fourth-order valence-electron chi connectivity index (χ4n) is 3.62. The number of nitrogens with zero attached hydrogens (tertiary/aromatic N) is 5. The summed E-state index contributed by atoms with van der Waals surface area (Å²) in [6.45, 7) is 6.02. The summed E-state index contributed by atoms with van der Waals surface area (Å²) < 4.78 is 36.3. The van der Waals surface area contributed by atoms with Gasteiger partial charge in [-0.3, -0.25) is 9.20 Å². The maximum absolute atomic E-state index is 13.3. The van der Waals surface area contributed by atoms with Crippen LogP contribution in [0, 0.1) is 5.92 Å². The van der Waals surface area contributed by atoms with E-state index < -0.39 is 24.0 Å². The van der Waals surface area contributed by atoms with Crippen molar-refractivity contribution in [3.05, 3.63) is 49.1 Å². The molecule has 3 heterocycles. The Labute approximate surface area is 183 Å². The average Bonchev–Trinajstić information content (AvgIpc) is 3.36. The zero-order valence-corrected chi connectivity index (χ0v) is 18.2. The molecule has 0 aliphatic carbocycles. The molecule has 0 aliphatic rings. The Bertz CT molecular complexity index is 1260. The predicted octanol–water partition coefficient (Wildman–Crippen LogP) is 3.63. The third-order valence-corrected chi connectivity index (χ3v) is 5.30. The number of halogens is 2. The Morgan fingerprint density at radius 1 is 1.19 bits per heavy atom. The summed E-state index contributed by atoms with van der Waals surface area (Å²) in [6.07, 6.45) is 4.71. The minimum Gasteiger partial charge on any atom is -0.489 e. The highest BCUT2D eigenvalue weighted by molar-refractivity contribution is 5.83. The highest BCUT2D eigenvalue weighted by Crippen LogP contribution is 2.25. The highest BCUT2D eigenvalue weighted by atomic mass is 19.3. The van der Waals surface area contributed by atoms with Crippen molar-refractivity contribution in [1.82, 2.24) is 29.7 Å². The van der Waals surface area contributed by atoms with Crippen molar-refractivity contribution in [2.24, 2.45) is 5.92 Å². The van der Waals surface area contributed by atoms with Gasteiger partial charge in [0.05, 0.1) is 23.4 Å². The van der Waals surface area contributed by atoms with Crippen molar-refractivity contribution in [3.63, 3.8) is 0 Å². The molecule has 3 aromatic heterocycles. The molecule has 168 valence electrons. The lowest BCUT2D eigenvalue weighted by Crippen LogP contribution is -2.52. The van der Waals surface area contributed by atoms with Gasteiger partial charge in [-0.2, -0.15) is 13.9 Å². The molecule has 10 heteroatoms. The second kappa shape index (κ2) is 8.18. The number of carbonyl (C=O) groups is 1. The van der Waals surface area contributed by atoms with Gasteiger partial charge in [-0.15, -0.1) is 10.2 Å². The molecule has 1 aromatic carbocycles. The summed E-state index contributed by atoms with van der Waals surface area (Å²) in [4.78, 5) is 11.8. The molecule has 0 saturated heterocycles. The Kier molecular flexibility index (Phi) is 5.53. The summed E-state index contributed by atoms with van der Waals surface area (Å²) in [7, 11) is 0. The van der Waals surface area contributed by atoms with Gasteiger partial charge >= 0.3 is 5.92 Å². The van der Waals surface area contributed by atoms with Gasteiger partial charge in [0, 0.05) is 18.5 Å². The van der Waals surface area contributed by atoms with E-state index in [0.717, 1.165) is 22.2 Å². The number of carbonyl (C=O) groups excluding carboxylic acids is 1. The largest absolute Gasteiger partial charge is 0.489 e. The van der Waals surface area contributed by atoms with E-state index in [0.29, 0.717) is 12.7 Å². The van der Waals surface area contributed by atoms with Crippen LogP contribution in [0.1, 0.15) is 27.7 Å². The van der Waals surface area contributed by atoms with E-state index in [1.807, 2.05) is 48.7 Å². The monoisotopic (exact) mass is 442 g/mol. The molecule has 8 nitrogen and oxygen atoms in total. The number of benzene rings is 1. The van der Waals surface area contributed by atoms with E-state index >= 15 is 0 Å². The van der Waals surface area contributed by atoms with Crippen molar-refractivity contribution in [1.29, 1.82) is 0 Å². The average molecular weight is 442 g/mol. The standard InChI is InChI=1S/C22H24F2N6O2/c1-13(2)20(27-21(31)22(4,23)24)14(3)32-17-6-7-18-15(9-17)10-26-30(18)16-5-8-19-28-25-12-29(19)11-16/h5-14,20H,1-4H3,(H,27,31)/t14-,20+/m1/s1. The number of nitrogens with one attached hydrogen (secondary N) is 1. The van der Waals surface area contributed by atoms with E-state index in [2.05, 4.69) is 20.6 Å². The molecule has 4 aromatic rings. The first kappa shape index (κ1) is 21.7. The second-order valence-electron chi connectivity index (χ2n) is 8.22. The van der Waals surface area contributed by atoms with Gasteiger partial charge < -0.3 is 10.1 Å². The number of alkyl halides is 2. The molecule has 0 fully saturated rings. The fraction of sp³-hybridized carbons (Fsp3) is 0.364. The molecule has 32 heavy (non-hydrogen) atoms. The van der Waals surface area contributed by atoms with Gasteiger partial charge in [-0.05, 0) is 43.2 Å². The van der Waals surface area contributed by atoms with Crippen molar-refractivity contribution in [2.45, 2.75) is 45.8 Å². The number of rotatable bonds is 7. The number of hydrogen-bond donors (Lipinski definition) is 1. The molecule has 0 bridgehead atoms. The van der Waals surface area contributed by atoms with Crippen LogP contribution in [0.2, 0.25) is 0 Å². The number of pyridine rings is 1. The predicted molar refractivity (Wildman–Crippen MR) is 115 cm³/mol.